The first-order valence-corrected chi connectivity index (χ1v) is 14.8. The molecule has 0 radical (unpaired) electrons. The fraction of sp³-hybridized carbons (Fsp3) is 0.400. The van der Waals surface area contributed by atoms with Crippen molar-refractivity contribution in [3.05, 3.63) is 53.2 Å². The Labute approximate surface area is 214 Å². The summed E-state index contributed by atoms with van der Waals surface area (Å²) in [6.45, 7) is 1.07. The fourth-order valence-electron chi connectivity index (χ4n) is 3.95. The molecule has 6 N–H and O–H groups in total. The maximum atomic E-state index is 13.6. The van der Waals surface area contributed by atoms with Crippen molar-refractivity contribution >= 4 is 43.6 Å². The largest absolute Gasteiger partial charge is 0.387 e. The molecule has 0 saturated carbocycles. The van der Waals surface area contributed by atoms with E-state index in [0.29, 0.717) is 16.8 Å². The van der Waals surface area contributed by atoms with Crippen molar-refractivity contribution in [3.63, 3.8) is 0 Å². The topological polar surface area (TPSA) is 196 Å². The van der Waals surface area contributed by atoms with Crippen LogP contribution in [0, 0.1) is 5.82 Å². The third-order valence-corrected chi connectivity index (χ3v) is 9.29. The van der Waals surface area contributed by atoms with Crippen molar-refractivity contribution in [1.82, 2.24) is 14.5 Å². The van der Waals surface area contributed by atoms with Crippen LogP contribution in [0.3, 0.4) is 0 Å². The van der Waals surface area contributed by atoms with Gasteiger partial charge < -0.3 is 44.0 Å². The second-order valence-electron chi connectivity index (χ2n) is 8.51. The van der Waals surface area contributed by atoms with Crippen LogP contribution in [-0.4, -0.2) is 70.3 Å². The van der Waals surface area contributed by atoms with Crippen LogP contribution >= 0.6 is 26.8 Å². The molecule has 3 heterocycles. The molecule has 1 aliphatic rings. The second-order valence-corrected chi connectivity index (χ2v) is 12.8. The Morgan fingerprint density at radius 1 is 1.22 bits per heavy atom. The number of ether oxygens (including phenoxy) is 1. The molecule has 2 aromatic heterocycles. The molecule has 1 saturated heterocycles. The molecule has 0 aliphatic carbocycles. The van der Waals surface area contributed by atoms with E-state index in [2.05, 4.69) is 15.3 Å². The van der Waals surface area contributed by atoms with E-state index in [9.17, 15) is 28.6 Å². The van der Waals surface area contributed by atoms with E-state index in [1.165, 1.54) is 22.9 Å². The molecular formula is C20H24ClFN4O9P2. The smallest absolute Gasteiger partial charge is 0.340 e. The Balaban J connectivity index is 1.55. The lowest BCUT2D eigenvalue weighted by atomic mass is 10.1. The van der Waals surface area contributed by atoms with Gasteiger partial charge in [-0.05, 0) is 42.3 Å². The number of aliphatic hydroxyl groups excluding tert-OH is 2. The number of rotatable bonds is 9. The van der Waals surface area contributed by atoms with Gasteiger partial charge in [0.05, 0.1) is 18.0 Å². The van der Waals surface area contributed by atoms with E-state index in [0.717, 1.165) is 0 Å². The van der Waals surface area contributed by atoms with Gasteiger partial charge in [-0.2, -0.15) is 4.98 Å². The number of nitrogens with one attached hydrogen (secondary N) is 1. The van der Waals surface area contributed by atoms with Crippen LogP contribution in [0.4, 0.5) is 10.2 Å². The minimum Gasteiger partial charge on any atom is -0.387 e. The highest BCUT2D eigenvalue weighted by Gasteiger charge is 2.45. The molecule has 4 rings (SSSR count). The van der Waals surface area contributed by atoms with E-state index in [1.54, 1.807) is 25.1 Å². The minimum atomic E-state index is -4.84. The number of fused-ring (bicyclic) bond motifs is 1. The third-order valence-electron chi connectivity index (χ3n) is 5.66. The number of anilines is 1. The van der Waals surface area contributed by atoms with E-state index in [1.807, 2.05) is 0 Å². The fourth-order valence-corrected chi connectivity index (χ4v) is 6.68. The van der Waals surface area contributed by atoms with Crippen molar-refractivity contribution < 1.29 is 47.7 Å². The second kappa shape index (κ2) is 10.7. The molecule has 3 aromatic rings. The highest BCUT2D eigenvalue weighted by atomic mass is 35.5. The average molecular weight is 581 g/mol. The molecule has 0 amide bonds. The van der Waals surface area contributed by atoms with Crippen LogP contribution in [-0.2, 0) is 18.4 Å². The summed E-state index contributed by atoms with van der Waals surface area (Å²) >= 11 is 6.13. The molecule has 0 spiro atoms. The number of hydrogen-bond acceptors (Lipinski definition) is 9. The lowest BCUT2D eigenvalue weighted by Gasteiger charge is -2.19. The minimum absolute atomic E-state index is 0.145. The molecule has 6 atom stereocenters. The average Bonchev–Trinajstić information content (AvgIpc) is 3.32. The molecule has 1 aromatic carbocycles. The van der Waals surface area contributed by atoms with Gasteiger partial charge in [-0.15, -0.1) is 0 Å². The Hall–Kier alpha value is -1.96. The van der Waals surface area contributed by atoms with Gasteiger partial charge in [0.2, 0.25) is 5.28 Å². The quantitative estimate of drug-likeness (QED) is 0.160. The Bertz CT molecular complexity index is 1390. The first-order valence-electron chi connectivity index (χ1n) is 10.8. The Kier molecular flexibility index (Phi) is 8.08. The molecule has 202 valence electrons. The molecule has 37 heavy (non-hydrogen) atoms. The van der Waals surface area contributed by atoms with Crippen molar-refractivity contribution in [1.29, 1.82) is 0 Å². The monoisotopic (exact) mass is 580 g/mol. The van der Waals surface area contributed by atoms with Crippen molar-refractivity contribution in [2.45, 2.75) is 37.5 Å². The van der Waals surface area contributed by atoms with E-state index in [4.69, 9.17) is 30.6 Å². The van der Waals surface area contributed by atoms with Gasteiger partial charge in [0.25, 0.3) is 0 Å². The third kappa shape index (κ3) is 6.55. The molecule has 0 bridgehead atoms. The van der Waals surface area contributed by atoms with E-state index < -0.39 is 58.1 Å². The summed E-state index contributed by atoms with van der Waals surface area (Å²) < 4.78 is 48.3. The number of aromatic nitrogens is 3. The van der Waals surface area contributed by atoms with Crippen LogP contribution in [0.25, 0.3) is 11.0 Å². The SMILES string of the molecule is CC(Nc1nc(Cl)nc2c1ccn2[C@@H]1O[C@H](COP(=O)(O)CP(=O)(O)O)[C@@H](O)[C@H]1O)c1cccc(F)c1. The maximum Gasteiger partial charge on any atom is 0.340 e. The van der Waals surface area contributed by atoms with Crippen LogP contribution in [0.5, 0.6) is 0 Å². The van der Waals surface area contributed by atoms with Crippen molar-refractivity contribution in [2.75, 3.05) is 17.8 Å². The van der Waals surface area contributed by atoms with E-state index in [-0.39, 0.29) is 17.0 Å². The summed E-state index contributed by atoms with van der Waals surface area (Å²) in [5.41, 5.74) is 0.879. The zero-order valence-electron chi connectivity index (χ0n) is 19.1. The normalized spacial score (nSPS) is 24.8. The Morgan fingerprint density at radius 2 is 1.95 bits per heavy atom. The van der Waals surface area contributed by atoms with Gasteiger partial charge in [-0.1, -0.05) is 12.1 Å². The van der Waals surface area contributed by atoms with Gasteiger partial charge >= 0.3 is 15.2 Å². The van der Waals surface area contributed by atoms with Crippen LogP contribution < -0.4 is 5.32 Å². The summed E-state index contributed by atoms with van der Waals surface area (Å²) in [6, 6.07) is 7.26. The number of nitrogens with zero attached hydrogens (tertiary/aromatic N) is 3. The highest BCUT2D eigenvalue weighted by molar-refractivity contribution is 7.70. The first-order chi connectivity index (χ1) is 17.2. The zero-order chi connectivity index (χ0) is 27.1. The summed E-state index contributed by atoms with van der Waals surface area (Å²) in [4.78, 5) is 35.9. The van der Waals surface area contributed by atoms with Gasteiger partial charge in [0, 0.05) is 6.20 Å². The Morgan fingerprint density at radius 3 is 2.62 bits per heavy atom. The highest BCUT2D eigenvalue weighted by Crippen LogP contribution is 2.55. The molecule has 2 unspecified atom stereocenters. The van der Waals surface area contributed by atoms with Gasteiger partial charge in [-0.25, -0.2) is 9.37 Å². The summed E-state index contributed by atoms with van der Waals surface area (Å²) in [6.07, 6.45) is -4.12. The number of halogens is 2. The number of aliphatic hydroxyl groups is 2. The molecule has 1 aliphatic heterocycles. The van der Waals surface area contributed by atoms with Gasteiger partial charge in [-0.3, -0.25) is 9.13 Å². The van der Waals surface area contributed by atoms with Gasteiger partial charge in [0.1, 0.15) is 35.6 Å². The van der Waals surface area contributed by atoms with Crippen LogP contribution in [0.15, 0.2) is 36.5 Å². The van der Waals surface area contributed by atoms with Crippen LogP contribution in [0.1, 0.15) is 24.8 Å². The predicted octanol–water partition coefficient (Wildman–Crippen LogP) is 2.35. The van der Waals surface area contributed by atoms with Crippen molar-refractivity contribution in [3.8, 4) is 0 Å². The predicted molar refractivity (Wildman–Crippen MR) is 130 cm³/mol. The zero-order valence-corrected chi connectivity index (χ0v) is 21.7. The molecule has 1 fully saturated rings. The first kappa shape index (κ1) is 28.1. The summed E-state index contributed by atoms with van der Waals surface area (Å²) in [5.74, 6) is -1.49. The van der Waals surface area contributed by atoms with Crippen molar-refractivity contribution in [2.24, 2.45) is 0 Å². The molecular weight excluding hydrogens is 557 g/mol. The number of benzene rings is 1. The molecule has 17 heteroatoms. The lowest BCUT2D eigenvalue weighted by molar-refractivity contribution is -0.0481. The van der Waals surface area contributed by atoms with E-state index >= 15 is 0 Å². The standard InChI is InChI=1S/C20H24ClFN4O9P2/c1-10(11-3-2-4-12(22)7-11)23-17-13-5-6-26(18(13)25-20(21)24-17)19-16(28)15(27)14(35-19)8-34-37(32,33)9-36(29,30)31/h2-7,10,14-16,19,27-28H,8-9H2,1H3,(H,32,33)(H,23,24,25)(H2,29,30,31)/t10?,14-,15-,16-,19-/m1/s1. The summed E-state index contributed by atoms with van der Waals surface area (Å²) in [5, 5.41) is 24.5. The van der Waals surface area contributed by atoms with Crippen LogP contribution in [0.2, 0.25) is 5.28 Å². The van der Waals surface area contributed by atoms with Gasteiger partial charge in [0.15, 0.2) is 12.1 Å². The maximum absolute atomic E-state index is 13.6. The number of hydrogen-bond donors (Lipinski definition) is 6. The summed E-state index contributed by atoms with van der Waals surface area (Å²) in [7, 11) is -9.54. The molecule has 13 nitrogen and oxygen atoms in total. The lowest BCUT2D eigenvalue weighted by Crippen LogP contribution is -2.33.